The van der Waals surface area contributed by atoms with Gasteiger partial charge in [-0.05, 0) is 48.6 Å². The molecule has 0 aliphatic carbocycles. The van der Waals surface area contributed by atoms with Gasteiger partial charge >= 0.3 is 6.03 Å². The van der Waals surface area contributed by atoms with E-state index in [1.807, 2.05) is 17.5 Å². The Kier molecular flexibility index (Phi) is 6.46. The number of hydrogen-bond donors (Lipinski definition) is 1. The maximum Gasteiger partial charge on any atom is 0.317 e. The van der Waals surface area contributed by atoms with E-state index in [-0.39, 0.29) is 17.5 Å². The van der Waals surface area contributed by atoms with Gasteiger partial charge in [0.15, 0.2) is 0 Å². The van der Waals surface area contributed by atoms with E-state index in [0.29, 0.717) is 32.6 Å². The molecule has 0 saturated carbocycles. The van der Waals surface area contributed by atoms with Crippen LogP contribution in [-0.2, 0) is 16.4 Å². The van der Waals surface area contributed by atoms with Crippen LogP contribution in [0.2, 0.25) is 0 Å². The molecule has 146 valence electrons. The van der Waals surface area contributed by atoms with Crippen LogP contribution in [0.25, 0.3) is 0 Å². The molecule has 27 heavy (non-hydrogen) atoms. The van der Waals surface area contributed by atoms with Crippen molar-refractivity contribution in [1.29, 1.82) is 0 Å². The molecular formula is C18H22FN3O3S2. The third-order valence-electron chi connectivity index (χ3n) is 4.42. The first-order valence-electron chi connectivity index (χ1n) is 8.78. The van der Waals surface area contributed by atoms with Crippen LogP contribution in [0.3, 0.4) is 0 Å². The predicted molar refractivity (Wildman–Crippen MR) is 103 cm³/mol. The highest BCUT2D eigenvalue weighted by atomic mass is 32.2. The Labute approximate surface area is 162 Å². The minimum atomic E-state index is -3.69. The van der Waals surface area contributed by atoms with Gasteiger partial charge in [-0.1, -0.05) is 6.07 Å². The van der Waals surface area contributed by atoms with Crippen LogP contribution in [0.4, 0.5) is 9.18 Å². The van der Waals surface area contributed by atoms with Crippen molar-refractivity contribution in [2.24, 2.45) is 0 Å². The van der Waals surface area contributed by atoms with E-state index in [1.54, 1.807) is 16.2 Å². The molecule has 1 saturated heterocycles. The summed E-state index contributed by atoms with van der Waals surface area (Å²) in [6, 6.07) is 8.64. The number of benzene rings is 1. The van der Waals surface area contributed by atoms with Crippen LogP contribution < -0.4 is 5.32 Å². The molecule has 0 unspecified atom stereocenters. The number of thiophene rings is 1. The summed E-state index contributed by atoms with van der Waals surface area (Å²) < 4.78 is 39.8. The molecule has 2 amide bonds. The summed E-state index contributed by atoms with van der Waals surface area (Å²) in [6.07, 6.45) is 1.33. The van der Waals surface area contributed by atoms with Crippen LogP contribution in [0.1, 0.15) is 11.3 Å². The average Bonchev–Trinajstić information content (AvgIpc) is 3.03. The highest BCUT2D eigenvalue weighted by Crippen LogP contribution is 2.18. The molecule has 3 rings (SSSR count). The van der Waals surface area contributed by atoms with Crippen LogP contribution in [-0.4, -0.2) is 56.4 Å². The Hall–Kier alpha value is -1.97. The minimum Gasteiger partial charge on any atom is -0.338 e. The van der Waals surface area contributed by atoms with E-state index in [1.165, 1.54) is 21.3 Å². The quantitative estimate of drug-likeness (QED) is 0.822. The SMILES string of the molecule is O=C(NCCc1cccs1)N1CCCN(S(=O)(=O)c2ccc(F)cc2)CC1. The first-order chi connectivity index (χ1) is 13.0. The predicted octanol–water partition coefficient (Wildman–Crippen LogP) is 2.54. The largest absolute Gasteiger partial charge is 0.338 e. The molecule has 0 radical (unpaired) electrons. The fraction of sp³-hybridized carbons (Fsp3) is 0.389. The number of amides is 2. The average molecular weight is 412 g/mol. The van der Waals surface area contributed by atoms with Crippen LogP contribution in [0.5, 0.6) is 0 Å². The summed E-state index contributed by atoms with van der Waals surface area (Å²) in [5, 5.41) is 4.90. The van der Waals surface area contributed by atoms with Gasteiger partial charge in [-0.2, -0.15) is 4.31 Å². The smallest absolute Gasteiger partial charge is 0.317 e. The normalized spacial score (nSPS) is 16.1. The summed E-state index contributed by atoms with van der Waals surface area (Å²) in [6.45, 7) is 1.93. The molecule has 6 nitrogen and oxygen atoms in total. The molecule has 2 heterocycles. The maximum atomic E-state index is 13.1. The molecular weight excluding hydrogens is 389 g/mol. The molecule has 0 bridgehead atoms. The fourth-order valence-corrected chi connectivity index (χ4v) is 5.13. The van der Waals surface area contributed by atoms with Gasteiger partial charge in [0.25, 0.3) is 0 Å². The number of nitrogens with zero attached hydrogens (tertiary/aromatic N) is 2. The van der Waals surface area contributed by atoms with Crippen molar-refractivity contribution in [3.8, 4) is 0 Å². The van der Waals surface area contributed by atoms with Gasteiger partial charge in [-0.25, -0.2) is 17.6 Å². The Morgan fingerprint density at radius 1 is 1.11 bits per heavy atom. The number of hydrogen-bond acceptors (Lipinski definition) is 4. The Balaban J connectivity index is 1.54. The summed E-state index contributed by atoms with van der Waals surface area (Å²) in [5.74, 6) is -0.477. The molecule has 1 aliphatic heterocycles. The van der Waals surface area contributed by atoms with Gasteiger partial charge < -0.3 is 10.2 Å². The number of sulfonamides is 1. The summed E-state index contributed by atoms with van der Waals surface area (Å²) >= 11 is 1.65. The third-order valence-corrected chi connectivity index (χ3v) is 7.27. The van der Waals surface area contributed by atoms with E-state index in [4.69, 9.17) is 0 Å². The molecule has 0 spiro atoms. The van der Waals surface area contributed by atoms with Crippen molar-refractivity contribution in [3.05, 3.63) is 52.5 Å². The first-order valence-corrected chi connectivity index (χ1v) is 11.1. The summed E-state index contributed by atoms with van der Waals surface area (Å²) in [4.78, 5) is 15.3. The van der Waals surface area contributed by atoms with Crippen molar-refractivity contribution >= 4 is 27.4 Å². The molecule has 1 fully saturated rings. The fourth-order valence-electron chi connectivity index (χ4n) is 2.95. The number of carbonyl (C=O) groups is 1. The molecule has 1 aliphatic rings. The van der Waals surface area contributed by atoms with Crippen LogP contribution >= 0.6 is 11.3 Å². The van der Waals surface area contributed by atoms with Gasteiger partial charge in [0.2, 0.25) is 10.0 Å². The zero-order valence-electron chi connectivity index (χ0n) is 14.8. The first kappa shape index (κ1) is 19.8. The highest BCUT2D eigenvalue weighted by molar-refractivity contribution is 7.89. The zero-order chi connectivity index (χ0) is 19.3. The lowest BCUT2D eigenvalue weighted by Gasteiger charge is -2.22. The van der Waals surface area contributed by atoms with Crippen molar-refractivity contribution in [1.82, 2.24) is 14.5 Å². The van der Waals surface area contributed by atoms with Crippen LogP contribution in [0.15, 0.2) is 46.7 Å². The van der Waals surface area contributed by atoms with E-state index < -0.39 is 15.8 Å². The summed E-state index contributed by atoms with van der Waals surface area (Å²) in [5.41, 5.74) is 0. The van der Waals surface area contributed by atoms with Gasteiger partial charge in [0.05, 0.1) is 4.90 Å². The van der Waals surface area contributed by atoms with E-state index in [9.17, 15) is 17.6 Å². The topological polar surface area (TPSA) is 69.7 Å². The second kappa shape index (κ2) is 8.81. The van der Waals surface area contributed by atoms with E-state index in [2.05, 4.69) is 5.32 Å². The molecule has 1 aromatic heterocycles. The number of urea groups is 1. The van der Waals surface area contributed by atoms with Gasteiger partial charge in [0, 0.05) is 37.6 Å². The Bertz CT molecular complexity index is 854. The highest BCUT2D eigenvalue weighted by Gasteiger charge is 2.28. The second-order valence-corrected chi connectivity index (χ2v) is 9.23. The standard InChI is InChI=1S/C18H22FN3O3S2/c19-15-4-6-17(7-5-15)27(24,25)22-11-2-10-21(12-13-22)18(23)20-9-8-16-3-1-14-26-16/h1,3-7,14H,2,8-13H2,(H,20,23). The second-order valence-electron chi connectivity index (χ2n) is 6.26. The lowest BCUT2D eigenvalue weighted by Crippen LogP contribution is -2.43. The number of rotatable bonds is 5. The number of carbonyl (C=O) groups excluding carboxylic acids is 1. The lowest BCUT2D eigenvalue weighted by molar-refractivity contribution is 0.200. The van der Waals surface area contributed by atoms with Crippen molar-refractivity contribution in [2.75, 3.05) is 32.7 Å². The number of nitrogens with one attached hydrogen (secondary N) is 1. The molecule has 1 N–H and O–H groups in total. The van der Waals surface area contributed by atoms with E-state index in [0.717, 1.165) is 18.6 Å². The van der Waals surface area contributed by atoms with Crippen molar-refractivity contribution in [3.63, 3.8) is 0 Å². The van der Waals surface area contributed by atoms with Gasteiger partial charge in [-0.15, -0.1) is 11.3 Å². The molecule has 9 heteroatoms. The monoisotopic (exact) mass is 411 g/mol. The zero-order valence-corrected chi connectivity index (χ0v) is 16.4. The molecule has 0 atom stereocenters. The number of halogens is 1. The van der Waals surface area contributed by atoms with Crippen molar-refractivity contribution in [2.45, 2.75) is 17.7 Å². The molecule has 2 aromatic rings. The Morgan fingerprint density at radius 3 is 2.59 bits per heavy atom. The van der Waals surface area contributed by atoms with Gasteiger partial charge in [0.1, 0.15) is 5.82 Å². The Morgan fingerprint density at radius 2 is 1.89 bits per heavy atom. The van der Waals surface area contributed by atoms with Gasteiger partial charge in [-0.3, -0.25) is 0 Å². The van der Waals surface area contributed by atoms with Crippen molar-refractivity contribution < 1.29 is 17.6 Å². The molecule has 1 aromatic carbocycles. The van der Waals surface area contributed by atoms with E-state index >= 15 is 0 Å². The maximum absolute atomic E-state index is 13.1. The lowest BCUT2D eigenvalue weighted by atomic mass is 10.3. The summed E-state index contributed by atoms with van der Waals surface area (Å²) in [7, 11) is -3.69. The van der Waals surface area contributed by atoms with Crippen LogP contribution in [0, 0.1) is 5.82 Å². The third kappa shape index (κ3) is 5.06. The minimum absolute atomic E-state index is 0.0674.